The van der Waals surface area contributed by atoms with Crippen molar-refractivity contribution in [3.05, 3.63) is 10.4 Å². The van der Waals surface area contributed by atoms with Crippen molar-refractivity contribution in [1.82, 2.24) is 0 Å². The number of hydrogen-bond acceptors (Lipinski definition) is 4. The van der Waals surface area contributed by atoms with Crippen LogP contribution in [-0.2, 0) is 4.79 Å². The Hall–Kier alpha value is -1.01. The van der Waals surface area contributed by atoms with Crippen LogP contribution >= 0.6 is 12.4 Å². The Labute approximate surface area is 81.1 Å². The molecule has 0 bridgehead atoms. The third kappa shape index (κ3) is 7.35. The van der Waals surface area contributed by atoms with Crippen LogP contribution in [0.5, 0.6) is 0 Å². The highest BCUT2D eigenvalue weighted by Crippen LogP contribution is 1.99. The quantitative estimate of drug-likeness (QED) is 0.338. The lowest BCUT2D eigenvalue weighted by Crippen LogP contribution is -2.32. The lowest BCUT2D eigenvalue weighted by atomic mass is 10.1. The predicted molar refractivity (Wildman–Crippen MR) is 49.2 cm³/mol. The van der Waals surface area contributed by atoms with Gasteiger partial charge in [0.05, 0.1) is 6.17 Å². The normalized spacial score (nSPS) is 13.4. The molecule has 0 aromatic rings. The van der Waals surface area contributed by atoms with Crippen molar-refractivity contribution in [2.75, 3.05) is 0 Å². The van der Waals surface area contributed by atoms with Gasteiger partial charge in [0.1, 0.15) is 6.04 Å². The molecule has 2 atom stereocenters. The molecule has 0 rings (SSSR count). The van der Waals surface area contributed by atoms with Gasteiger partial charge in [-0.1, -0.05) is 5.11 Å². The van der Waals surface area contributed by atoms with Crippen molar-refractivity contribution in [3.63, 3.8) is 0 Å². The number of azide groups is 1. The number of carbonyl (C=O) groups is 1. The van der Waals surface area contributed by atoms with Crippen LogP contribution in [0.4, 0.5) is 0 Å². The van der Waals surface area contributed by atoms with Gasteiger partial charge in [-0.2, -0.15) is 0 Å². The number of aliphatic carboxylic acids is 1. The van der Waals surface area contributed by atoms with Crippen LogP contribution in [0.3, 0.4) is 0 Å². The SMILES string of the molecule is Cl.[N-]=[N+]=NC(N)CCC(N)C(=O)O. The molecule has 7 nitrogen and oxygen atoms in total. The third-order valence-electron chi connectivity index (χ3n) is 1.29. The Morgan fingerprint density at radius 2 is 2.08 bits per heavy atom. The van der Waals surface area contributed by atoms with Gasteiger partial charge in [0.15, 0.2) is 0 Å². The summed E-state index contributed by atoms with van der Waals surface area (Å²) in [6.07, 6.45) is -0.215. The second-order valence-electron chi connectivity index (χ2n) is 2.29. The van der Waals surface area contributed by atoms with Crippen LogP contribution in [0.1, 0.15) is 12.8 Å². The molecule has 0 aliphatic carbocycles. The first-order chi connectivity index (χ1) is 5.57. The van der Waals surface area contributed by atoms with Crippen molar-refractivity contribution in [2.24, 2.45) is 16.6 Å². The van der Waals surface area contributed by atoms with E-state index >= 15 is 0 Å². The van der Waals surface area contributed by atoms with Gasteiger partial charge in [0.25, 0.3) is 0 Å². The van der Waals surface area contributed by atoms with E-state index in [1.807, 2.05) is 0 Å². The molecule has 76 valence electrons. The molecule has 0 saturated heterocycles. The molecule has 0 aromatic carbocycles. The molecule has 0 aliphatic rings. The average molecular weight is 210 g/mol. The maximum atomic E-state index is 10.2. The second-order valence-corrected chi connectivity index (χ2v) is 2.29. The number of carboxylic acid groups (broad SMARTS) is 1. The number of nitrogens with zero attached hydrogens (tertiary/aromatic N) is 3. The van der Waals surface area contributed by atoms with E-state index in [-0.39, 0.29) is 25.2 Å². The zero-order valence-electron chi connectivity index (χ0n) is 6.83. The van der Waals surface area contributed by atoms with E-state index in [0.29, 0.717) is 0 Å². The van der Waals surface area contributed by atoms with Gasteiger partial charge in [-0.15, -0.1) is 12.4 Å². The minimum Gasteiger partial charge on any atom is -0.480 e. The van der Waals surface area contributed by atoms with Crippen molar-refractivity contribution in [3.8, 4) is 0 Å². The summed E-state index contributed by atoms with van der Waals surface area (Å²) in [7, 11) is 0. The zero-order valence-corrected chi connectivity index (χ0v) is 7.65. The molecule has 2 unspecified atom stereocenters. The fraction of sp³-hybridized carbons (Fsp3) is 0.800. The standard InChI is InChI=1S/C5H11N5O2.ClH/c6-3(5(11)12)1-2-4(7)9-10-8;/h3-4H,1-2,6-7H2,(H,11,12);1H. The molecule has 0 aromatic heterocycles. The fourth-order valence-electron chi connectivity index (χ4n) is 0.598. The van der Waals surface area contributed by atoms with E-state index in [1.54, 1.807) is 0 Å². The minimum absolute atomic E-state index is 0. The summed E-state index contributed by atoms with van der Waals surface area (Å²) in [5.74, 6) is -1.08. The van der Waals surface area contributed by atoms with Crippen LogP contribution in [0.25, 0.3) is 10.4 Å². The maximum absolute atomic E-state index is 10.2. The Balaban J connectivity index is 0. The highest BCUT2D eigenvalue weighted by atomic mass is 35.5. The molecule has 0 saturated carbocycles. The lowest BCUT2D eigenvalue weighted by Gasteiger charge is -2.07. The van der Waals surface area contributed by atoms with Crippen LogP contribution in [0.15, 0.2) is 5.11 Å². The Bertz CT molecular complexity index is 197. The number of carboxylic acids is 1. The van der Waals surface area contributed by atoms with Gasteiger partial charge < -0.3 is 16.6 Å². The molecular weight excluding hydrogens is 198 g/mol. The first-order valence-corrected chi connectivity index (χ1v) is 3.36. The van der Waals surface area contributed by atoms with E-state index in [2.05, 4.69) is 10.0 Å². The summed E-state index contributed by atoms with van der Waals surface area (Å²) >= 11 is 0. The smallest absolute Gasteiger partial charge is 0.320 e. The van der Waals surface area contributed by atoms with Gasteiger partial charge in [-0.05, 0) is 18.4 Å². The molecule has 0 radical (unpaired) electrons. The summed E-state index contributed by atoms with van der Waals surface area (Å²) in [4.78, 5) is 12.7. The molecule has 0 heterocycles. The van der Waals surface area contributed by atoms with E-state index in [9.17, 15) is 4.79 Å². The van der Waals surface area contributed by atoms with Crippen LogP contribution < -0.4 is 11.5 Å². The molecule has 0 amide bonds. The Morgan fingerprint density at radius 1 is 1.54 bits per heavy atom. The van der Waals surface area contributed by atoms with Crippen LogP contribution in [-0.4, -0.2) is 23.3 Å². The number of rotatable bonds is 5. The third-order valence-corrected chi connectivity index (χ3v) is 1.29. The summed E-state index contributed by atoms with van der Waals surface area (Å²) in [6, 6.07) is -0.940. The molecule has 0 aliphatic heterocycles. The van der Waals surface area contributed by atoms with Gasteiger partial charge in [0.2, 0.25) is 0 Å². The second kappa shape index (κ2) is 7.63. The zero-order chi connectivity index (χ0) is 9.56. The van der Waals surface area contributed by atoms with Gasteiger partial charge >= 0.3 is 5.97 Å². The van der Waals surface area contributed by atoms with E-state index in [4.69, 9.17) is 22.1 Å². The monoisotopic (exact) mass is 209 g/mol. The predicted octanol–water partition coefficient (Wildman–Crippen LogP) is 0.195. The molecule has 8 heteroatoms. The minimum atomic E-state index is -1.08. The summed E-state index contributed by atoms with van der Waals surface area (Å²) in [5, 5.41) is 11.5. The molecule has 0 fully saturated rings. The van der Waals surface area contributed by atoms with Gasteiger partial charge in [0, 0.05) is 4.91 Å². The number of hydrogen-bond donors (Lipinski definition) is 3. The fourth-order valence-corrected chi connectivity index (χ4v) is 0.598. The highest BCUT2D eigenvalue weighted by molar-refractivity contribution is 5.85. The molecular formula is C5H12ClN5O2. The van der Waals surface area contributed by atoms with Crippen molar-refractivity contribution in [1.29, 1.82) is 0 Å². The first-order valence-electron chi connectivity index (χ1n) is 3.36. The van der Waals surface area contributed by atoms with Gasteiger partial charge in [-0.25, -0.2) is 0 Å². The van der Waals surface area contributed by atoms with E-state index in [0.717, 1.165) is 0 Å². The largest absolute Gasteiger partial charge is 0.480 e. The topological polar surface area (TPSA) is 138 Å². The van der Waals surface area contributed by atoms with Gasteiger partial charge in [-0.3, -0.25) is 4.79 Å². The van der Waals surface area contributed by atoms with Crippen molar-refractivity contribution < 1.29 is 9.90 Å². The molecule has 5 N–H and O–H groups in total. The number of halogens is 1. The maximum Gasteiger partial charge on any atom is 0.320 e. The summed E-state index contributed by atoms with van der Waals surface area (Å²) in [6.45, 7) is 0. The van der Waals surface area contributed by atoms with E-state index < -0.39 is 18.2 Å². The van der Waals surface area contributed by atoms with Crippen LogP contribution in [0, 0.1) is 0 Å². The van der Waals surface area contributed by atoms with E-state index in [1.165, 1.54) is 0 Å². The van der Waals surface area contributed by atoms with Crippen molar-refractivity contribution >= 4 is 18.4 Å². The van der Waals surface area contributed by atoms with Crippen molar-refractivity contribution in [2.45, 2.75) is 25.0 Å². The Kier molecular flexibility index (Phi) is 8.52. The average Bonchev–Trinajstić information content (AvgIpc) is 2.00. The Morgan fingerprint density at radius 3 is 2.46 bits per heavy atom. The first kappa shape index (κ1) is 14.5. The van der Waals surface area contributed by atoms with Crippen LogP contribution in [0.2, 0.25) is 0 Å². The molecule has 0 spiro atoms. The summed E-state index contributed by atoms with van der Waals surface area (Å²) < 4.78 is 0. The highest BCUT2D eigenvalue weighted by Gasteiger charge is 2.12. The number of nitrogens with two attached hydrogens (primary N) is 2. The lowest BCUT2D eigenvalue weighted by molar-refractivity contribution is -0.138. The summed E-state index contributed by atoms with van der Waals surface area (Å²) in [5.41, 5.74) is 18.4. The molecule has 13 heavy (non-hydrogen) atoms.